The van der Waals surface area contributed by atoms with E-state index in [2.05, 4.69) is 46.1 Å². The lowest BCUT2D eigenvalue weighted by Gasteiger charge is -2.38. The minimum Gasteiger partial charge on any atom is -0.354 e. The molecule has 0 saturated carbocycles. The molecule has 0 aliphatic carbocycles. The Morgan fingerprint density at radius 2 is 2.30 bits per heavy atom. The zero-order valence-electron chi connectivity index (χ0n) is 12.7. The molecule has 2 aliphatic heterocycles. The summed E-state index contributed by atoms with van der Waals surface area (Å²) in [6.45, 7) is 10.1. The molecule has 1 aromatic heterocycles. The van der Waals surface area contributed by atoms with Crippen LogP contribution < -0.4 is 10.2 Å². The average Bonchev–Trinajstić information content (AvgIpc) is 2.95. The Morgan fingerprint density at radius 3 is 3.15 bits per heavy atom. The number of hydrogen-bond acceptors (Lipinski definition) is 4. The van der Waals surface area contributed by atoms with Crippen molar-refractivity contribution in [2.45, 2.75) is 38.8 Å². The summed E-state index contributed by atoms with van der Waals surface area (Å²) in [7, 11) is 0. The molecule has 3 heterocycles. The van der Waals surface area contributed by atoms with Crippen molar-refractivity contribution in [1.82, 2.24) is 15.2 Å². The third-order valence-electron chi connectivity index (χ3n) is 4.69. The minimum atomic E-state index is 0.398. The van der Waals surface area contributed by atoms with Crippen LogP contribution in [0.3, 0.4) is 0 Å². The van der Waals surface area contributed by atoms with Crippen molar-refractivity contribution in [3.05, 3.63) is 23.9 Å². The second-order valence-electron chi connectivity index (χ2n) is 6.00. The third kappa shape index (κ3) is 2.81. The Hall–Kier alpha value is -1.13. The van der Waals surface area contributed by atoms with Crippen LogP contribution in [-0.2, 0) is 0 Å². The molecule has 1 aromatic rings. The Kier molecular flexibility index (Phi) is 4.22. The number of fused-ring (bicyclic) bond motifs is 1. The second kappa shape index (κ2) is 6.10. The molecule has 2 saturated heterocycles. The first kappa shape index (κ1) is 13.8. The summed E-state index contributed by atoms with van der Waals surface area (Å²) in [5.74, 6) is 1.15. The summed E-state index contributed by atoms with van der Waals surface area (Å²) < 4.78 is 0. The van der Waals surface area contributed by atoms with Gasteiger partial charge in [-0.25, -0.2) is 4.98 Å². The number of rotatable bonds is 4. The standard InChI is InChI=1S/C16H26N4/c1-3-17-13(2)14-6-7-18-16(11-14)20-10-9-19-8-4-5-15(19)12-20/h6-7,11,13,15,17H,3-5,8-10,12H2,1-2H3. The van der Waals surface area contributed by atoms with Gasteiger partial charge in [0, 0.05) is 37.9 Å². The molecular weight excluding hydrogens is 248 g/mol. The molecule has 2 unspecified atom stereocenters. The Balaban J connectivity index is 1.72. The van der Waals surface area contributed by atoms with E-state index in [0.29, 0.717) is 6.04 Å². The van der Waals surface area contributed by atoms with Crippen LogP contribution in [0.25, 0.3) is 0 Å². The third-order valence-corrected chi connectivity index (χ3v) is 4.69. The highest BCUT2D eigenvalue weighted by Crippen LogP contribution is 2.25. The van der Waals surface area contributed by atoms with Crippen molar-refractivity contribution in [3.8, 4) is 0 Å². The molecule has 20 heavy (non-hydrogen) atoms. The van der Waals surface area contributed by atoms with Crippen molar-refractivity contribution in [2.75, 3.05) is 37.6 Å². The monoisotopic (exact) mass is 274 g/mol. The Bertz CT molecular complexity index is 448. The molecule has 3 rings (SSSR count). The van der Waals surface area contributed by atoms with E-state index in [0.717, 1.165) is 31.5 Å². The van der Waals surface area contributed by atoms with Crippen LogP contribution >= 0.6 is 0 Å². The topological polar surface area (TPSA) is 31.4 Å². The molecule has 110 valence electrons. The van der Waals surface area contributed by atoms with Crippen molar-refractivity contribution >= 4 is 5.82 Å². The maximum absolute atomic E-state index is 4.60. The van der Waals surface area contributed by atoms with Crippen LogP contribution in [-0.4, -0.2) is 48.6 Å². The number of anilines is 1. The van der Waals surface area contributed by atoms with Crippen LogP contribution in [0.1, 0.15) is 38.3 Å². The van der Waals surface area contributed by atoms with Gasteiger partial charge >= 0.3 is 0 Å². The predicted molar refractivity (Wildman–Crippen MR) is 83.1 cm³/mol. The molecule has 2 atom stereocenters. The van der Waals surface area contributed by atoms with E-state index in [1.54, 1.807) is 0 Å². The molecular formula is C16H26N4. The number of nitrogens with one attached hydrogen (secondary N) is 1. The zero-order chi connectivity index (χ0) is 13.9. The number of nitrogens with zero attached hydrogens (tertiary/aromatic N) is 3. The molecule has 2 aliphatic rings. The van der Waals surface area contributed by atoms with E-state index in [1.165, 1.54) is 31.5 Å². The molecule has 0 amide bonds. The zero-order valence-corrected chi connectivity index (χ0v) is 12.7. The van der Waals surface area contributed by atoms with Crippen molar-refractivity contribution in [2.24, 2.45) is 0 Å². The molecule has 0 radical (unpaired) electrons. The summed E-state index contributed by atoms with van der Waals surface area (Å²) in [5.41, 5.74) is 1.34. The van der Waals surface area contributed by atoms with Crippen molar-refractivity contribution in [1.29, 1.82) is 0 Å². The van der Waals surface area contributed by atoms with E-state index < -0.39 is 0 Å². The van der Waals surface area contributed by atoms with Crippen LogP contribution in [0.4, 0.5) is 5.82 Å². The van der Waals surface area contributed by atoms with Gasteiger partial charge in [-0.2, -0.15) is 0 Å². The van der Waals surface area contributed by atoms with Crippen molar-refractivity contribution < 1.29 is 0 Å². The van der Waals surface area contributed by atoms with Crippen molar-refractivity contribution in [3.63, 3.8) is 0 Å². The summed E-state index contributed by atoms with van der Waals surface area (Å²) in [6, 6.07) is 5.54. The fourth-order valence-electron chi connectivity index (χ4n) is 3.50. The van der Waals surface area contributed by atoms with E-state index in [1.807, 2.05) is 6.20 Å². The first-order valence-corrected chi connectivity index (χ1v) is 7.96. The largest absolute Gasteiger partial charge is 0.354 e. The van der Waals surface area contributed by atoms with Gasteiger partial charge in [0.25, 0.3) is 0 Å². The van der Waals surface area contributed by atoms with Gasteiger partial charge in [0.15, 0.2) is 0 Å². The first-order valence-electron chi connectivity index (χ1n) is 7.96. The fraction of sp³-hybridized carbons (Fsp3) is 0.688. The lowest BCUT2D eigenvalue weighted by molar-refractivity contribution is 0.230. The number of aromatic nitrogens is 1. The van der Waals surface area contributed by atoms with E-state index in [4.69, 9.17) is 0 Å². The number of pyridine rings is 1. The quantitative estimate of drug-likeness (QED) is 0.910. The molecule has 4 heteroatoms. The molecule has 0 aromatic carbocycles. The van der Waals surface area contributed by atoms with Gasteiger partial charge < -0.3 is 10.2 Å². The SMILES string of the molecule is CCNC(C)c1ccnc(N2CCN3CCCC3C2)c1. The highest BCUT2D eigenvalue weighted by Gasteiger charge is 2.31. The van der Waals surface area contributed by atoms with Gasteiger partial charge in [0.05, 0.1) is 0 Å². The summed E-state index contributed by atoms with van der Waals surface area (Å²) in [5, 5.41) is 3.47. The van der Waals surface area contributed by atoms with Gasteiger partial charge in [-0.3, -0.25) is 4.90 Å². The fourth-order valence-corrected chi connectivity index (χ4v) is 3.50. The summed E-state index contributed by atoms with van der Waals surface area (Å²) >= 11 is 0. The van der Waals surface area contributed by atoms with Gasteiger partial charge in [0.2, 0.25) is 0 Å². The normalized spacial score (nSPS) is 24.7. The highest BCUT2D eigenvalue weighted by atomic mass is 15.3. The Labute approximate surface area is 122 Å². The van der Waals surface area contributed by atoms with E-state index >= 15 is 0 Å². The number of piperazine rings is 1. The van der Waals surface area contributed by atoms with Gasteiger partial charge in [-0.1, -0.05) is 6.92 Å². The maximum Gasteiger partial charge on any atom is 0.128 e. The Morgan fingerprint density at radius 1 is 1.40 bits per heavy atom. The van der Waals surface area contributed by atoms with E-state index in [9.17, 15) is 0 Å². The maximum atomic E-state index is 4.60. The molecule has 0 spiro atoms. The molecule has 2 fully saturated rings. The summed E-state index contributed by atoms with van der Waals surface area (Å²) in [6.07, 6.45) is 4.67. The molecule has 0 bridgehead atoms. The molecule has 1 N–H and O–H groups in total. The van der Waals surface area contributed by atoms with Crippen LogP contribution in [0.5, 0.6) is 0 Å². The smallest absolute Gasteiger partial charge is 0.128 e. The predicted octanol–water partition coefficient (Wildman–Crippen LogP) is 2.04. The molecule has 4 nitrogen and oxygen atoms in total. The lowest BCUT2D eigenvalue weighted by atomic mass is 10.1. The summed E-state index contributed by atoms with van der Waals surface area (Å²) in [4.78, 5) is 9.71. The lowest BCUT2D eigenvalue weighted by Crippen LogP contribution is -2.50. The number of hydrogen-bond donors (Lipinski definition) is 1. The van der Waals surface area contributed by atoms with E-state index in [-0.39, 0.29) is 0 Å². The van der Waals surface area contributed by atoms with Crippen LogP contribution in [0.15, 0.2) is 18.3 Å². The minimum absolute atomic E-state index is 0.398. The second-order valence-corrected chi connectivity index (χ2v) is 6.00. The van der Waals surface area contributed by atoms with Gasteiger partial charge in [0.1, 0.15) is 5.82 Å². The average molecular weight is 274 g/mol. The van der Waals surface area contributed by atoms with Gasteiger partial charge in [-0.05, 0) is 50.6 Å². The van der Waals surface area contributed by atoms with Crippen LogP contribution in [0, 0.1) is 0 Å². The van der Waals surface area contributed by atoms with Crippen LogP contribution in [0.2, 0.25) is 0 Å². The van der Waals surface area contributed by atoms with Gasteiger partial charge in [-0.15, -0.1) is 0 Å². The highest BCUT2D eigenvalue weighted by molar-refractivity contribution is 5.42. The first-order chi connectivity index (χ1) is 9.78.